The van der Waals surface area contributed by atoms with Crippen LogP contribution in [0.15, 0.2) is 54.6 Å². The standard InChI is InChI=1S/C19H20O5/c1-14(12-18(20)22-2)24-19(21)16-8-10-17(11-9-16)23-13-15-6-4-3-5-7-15/h3-11,14H,12-13H2,1-2H3/t14-/m1/s1. The molecule has 0 amide bonds. The van der Waals surface area contributed by atoms with Crippen LogP contribution in [0, 0.1) is 0 Å². The molecule has 2 aromatic rings. The van der Waals surface area contributed by atoms with Crippen molar-refractivity contribution in [2.24, 2.45) is 0 Å². The van der Waals surface area contributed by atoms with Crippen molar-refractivity contribution in [1.82, 2.24) is 0 Å². The third-order valence-electron chi connectivity index (χ3n) is 3.33. The van der Waals surface area contributed by atoms with Crippen molar-refractivity contribution >= 4 is 11.9 Å². The van der Waals surface area contributed by atoms with Gasteiger partial charge in [0.1, 0.15) is 18.5 Å². The third kappa shape index (κ3) is 5.43. The van der Waals surface area contributed by atoms with Gasteiger partial charge in [0.2, 0.25) is 0 Å². The molecular weight excluding hydrogens is 308 g/mol. The van der Waals surface area contributed by atoms with E-state index < -0.39 is 18.0 Å². The number of hydrogen-bond acceptors (Lipinski definition) is 5. The normalized spacial score (nSPS) is 11.4. The molecule has 0 aromatic heterocycles. The molecule has 24 heavy (non-hydrogen) atoms. The van der Waals surface area contributed by atoms with Crippen molar-refractivity contribution in [1.29, 1.82) is 0 Å². The first-order chi connectivity index (χ1) is 11.6. The summed E-state index contributed by atoms with van der Waals surface area (Å²) < 4.78 is 15.4. The summed E-state index contributed by atoms with van der Waals surface area (Å²) in [6.07, 6.45) is -0.514. The van der Waals surface area contributed by atoms with Crippen molar-refractivity contribution in [2.75, 3.05) is 7.11 Å². The number of methoxy groups -OCH3 is 1. The monoisotopic (exact) mass is 328 g/mol. The molecule has 0 heterocycles. The molecule has 0 radical (unpaired) electrons. The topological polar surface area (TPSA) is 61.8 Å². The van der Waals surface area contributed by atoms with E-state index in [0.29, 0.717) is 17.9 Å². The quantitative estimate of drug-likeness (QED) is 0.729. The van der Waals surface area contributed by atoms with Gasteiger partial charge in [0.15, 0.2) is 0 Å². The van der Waals surface area contributed by atoms with Crippen molar-refractivity contribution in [3.63, 3.8) is 0 Å². The Hall–Kier alpha value is -2.82. The van der Waals surface area contributed by atoms with Crippen LogP contribution in [0.5, 0.6) is 5.75 Å². The van der Waals surface area contributed by atoms with Crippen LogP contribution in [-0.4, -0.2) is 25.2 Å². The van der Waals surface area contributed by atoms with E-state index in [2.05, 4.69) is 4.74 Å². The summed E-state index contributed by atoms with van der Waals surface area (Å²) in [6, 6.07) is 16.5. The van der Waals surface area contributed by atoms with E-state index >= 15 is 0 Å². The van der Waals surface area contributed by atoms with Crippen molar-refractivity contribution in [3.8, 4) is 5.75 Å². The van der Waals surface area contributed by atoms with Gasteiger partial charge >= 0.3 is 11.9 Å². The summed E-state index contributed by atoms with van der Waals surface area (Å²) in [4.78, 5) is 23.1. The number of carbonyl (C=O) groups excluding carboxylic acids is 2. The minimum Gasteiger partial charge on any atom is -0.489 e. The van der Waals surface area contributed by atoms with Crippen LogP contribution in [0.3, 0.4) is 0 Å². The van der Waals surface area contributed by atoms with E-state index in [0.717, 1.165) is 5.56 Å². The van der Waals surface area contributed by atoms with Crippen LogP contribution >= 0.6 is 0 Å². The summed E-state index contributed by atoms with van der Waals surface area (Å²) in [5.74, 6) is -0.237. The summed E-state index contributed by atoms with van der Waals surface area (Å²) in [6.45, 7) is 2.10. The van der Waals surface area contributed by atoms with Crippen LogP contribution in [0.2, 0.25) is 0 Å². The maximum Gasteiger partial charge on any atom is 0.338 e. The average molecular weight is 328 g/mol. The molecule has 2 rings (SSSR count). The van der Waals surface area contributed by atoms with Crippen LogP contribution in [-0.2, 0) is 20.9 Å². The second-order valence-electron chi connectivity index (χ2n) is 5.29. The first-order valence-electron chi connectivity index (χ1n) is 7.63. The Morgan fingerprint density at radius 3 is 2.29 bits per heavy atom. The van der Waals surface area contributed by atoms with Gasteiger partial charge < -0.3 is 14.2 Å². The Labute approximate surface area is 141 Å². The van der Waals surface area contributed by atoms with Crippen molar-refractivity contribution in [3.05, 3.63) is 65.7 Å². The first kappa shape index (κ1) is 17.5. The lowest BCUT2D eigenvalue weighted by atomic mass is 10.2. The van der Waals surface area contributed by atoms with E-state index in [4.69, 9.17) is 9.47 Å². The summed E-state index contributed by atoms with van der Waals surface area (Å²) in [7, 11) is 1.30. The zero-order valence-corrected chi connectivity index (χ0v) is 13.7. The molecule has 0 saturated heterocycles. The minimum absolute atomic E-state index is 0.0283. The van der Waals surface area contributed by atoms with Gasteiger partial charge in [-0.1, -0.05) is 30.3 Å². The maximum absolute atomic E-state index is 12.0. The fourth-order valence-electron chi connectivity index (χ4n) is 2.04. The van der Waals surface area contributed by atoms with Gasteiger partial charge in [-0.2, -0.15) is 0 Å². The Bertz CT molecular complexity index is 664. The number of ether oxygens (including phenoxy) is 3. The predicted molar refractivity (Wildman–Crippen MR) is 88.7 cm³/mol. The molecule has 2 aromatic carbocycles. The Morgan fingerprint density at radius 1 is 1.00 bits per heavy atom. The highest BCUT2D eigenvalue weighted by Gasteiger charge is 2.15. The number of benzene rings is 2. The van der Waals surface area contributed by atoms with E-state index in [1.165, 1.54) is 7.11 Å². The number of hydrogen-bond donors (Lipinski definition) is 0. The molecule has 0 spiro atoms. The molecule has 0 aliphatic carbocycles. The average Bonchev–Trinajstić information content (AvgIpc) is 2.61. The SMILES string of the molecule is COC(=O)C[C@@H](C)OC(=O)c1ccc(OCc2ccccc2)cc1. The Balaban J connectivity index is 1.86. The maximum atomic E-state index is 12.0. The second-order valence-corrected chi connectivity index (χ2v) is 5.29. The van der Waals surface area contributed by atoms with Crippen molar-refractivity contribution < 1.29 is 23.8 Å². The van der Waals surface area contributed by atoms with Crippen molar-refractivity contribution in [2.45, 2.75) is 26.1 Å². The molecule has 0 unspecified atom stereocenters. The Morgan fingerprint density at radius 2 is 1.67 bits per heavy atom. The lowest BCUT2D eigenvalue weighted by Crippen LogP contribution is -2.19. The van der Waals surface area contributed by atoms with Gasteiger partial charge in [-0.3, -0.25) is 4.79 Å². The van der Waals surface area contributed by atoms with Gasteiger partial charge in [-0.15, -0.1) is 0 Å². The molecule has 0 bridgehead atoms. The van der Waals surface area contributed by atoms with Gasteiger partial charge in [0.05, 0.1) is 19.1 Å². The lowest BCUT2D eigenvalue weighted by molar-refractivity contribution is -0.142. The largest absolute Gasteiger partial charge is 0.489 e. The predicted octanol–water partition coefficient (Wildman–Crippen LogP) is 3.37. The Kier molecular flexibility index (Phi) is 6.37. The summed E-state index contributed by atoms with van der Waals surface area (Å²) in [5, 5.41) is 0. The fourth-order valence-corrected chi connectivity index (χ4v) is 2.04. The molecule has 0 aliphatic rings. The molecule has 0 N–H and O–H groups in total. The number of rotatable bonds is 7. The summed E-state index contributed by atoms with van der Waals surface area (Å²) in [5.41, 5.74) is 1.47. The number of esters is 2. The minimum atomic E-state index is -0.543. The zero-order valence-electron chi connectivity index (χ0n) is 13.7. The van der Waals surface area contributed by atoms with Gasteiger partial charge in [0.25, 0.3) is 0 Å². The van der Waals surface area contributed by atoms with Gasteiger partial charge in [-0.05, 0) is 36.8 Å². The van der Waals surface area contributed by atoms with Crippen LogP contribution in [0.25, 0.3) is 0 Å². The molecule has 1 atom stereocenters. The van der Waals surface area contributed by atoms with Crippen LogP contribution in [0.1, 0.15) is 29.3 Å². The molecule has 0 saturated carbocycles. The molecule has 0 fully saturated rings. The van der Waals surface area contributed by atoms with E-state index in [-0.39, 0.29) is 6.42 Å². The van der Waals surface area contributed by atoms with Crippen LogP contribution in [0.4, 0.5) is 0 Å². The van der Waals surface area contributed by atoms with E-state index in [1.807, 2.05) is 30.3 Å². The molecule has 5 heteroatoms. The smallest absolute Gasteiger partial charge is 0.338 e. The second kappa shape index (κ2) is 8.72. The fraction of sp³-hybridized carbons (Fsp3) is 0.263. The number of carbonyl (C=O) groups is 2. The highest BCUT2D eigenvalue weighted by Crippen LogP contribution is 2.15. The zero-order chi connectivity index (χ0) is 17.4. The molecular formula is C19H20O5. The summed E-state index contributed by atoms with van der Waals surface area (Å²) >= 11 is 0. The van der Waals surface area contributed by atoms with Gasteiger partial charge in [-0.25, -0.2) is 4.79 Å². The molecule has 0 aliphatic heterocycles. The highest BCUT2D eigenvalue weighted by atomic mass is 16.6. The van der Waals surface area contributed by atoms with E-state index in [9.17, 15) is 9.59 Å². The molecule has 5 nitrogen and oxygen atoms in total. The van der Waals surface area contributed by atoms with E-state index in [1.54, 1.807) is 31.2 Å². The molecule has 126 valence electrons. The third-order valence-corrected chi connectivity index (χ3v) is 3.33. The highest BCUT2D eigenvalue weighted by molar-refractivity contribution is 5.89. The lowest BCUT2D eigenvalue weighted by Gasteiger charge is -2.12. The van der Waals surface area contributed by atoms with Crippen LogP contribution < -0.4 is 4.74 Å². The first-order valence-corrected chi connectivity index (χ1v) is 7.63. The van der Waals surface area contributed by atoms with Gasteiger partial charge in [0, 0.05) is 0 Å².